The lowest BCUT2D eigenvalue weighted by Gasteiger charge is -2.30. The van der Waals surface area contributed by atoms with Crippen molar-refractivity contribution in [1.82, 2.24) is 24.8 Å². The Kier molecular flexibility index (Phi) is 3.75. The van der Waals surface area contributed by atoms with Gasteiger partial charge in [0.25, 0.3) is 5.92 Å². The minimum atomic E-state index is -2.57. The van der Waals surface area contributed by atoms with Gasteiger partial charge in [0.15, 0.2) is 11.5 Å². The van der Waals surface area contributed by atoms with Gasteiger partial charge in [0.1, 0.15) is 12.1 Å². The molecule has 0 radical (unpaired) electrons. The molecule has 0 saturated heterocycles. The number of ether oxygens (including phenoxy) is 1. The van der Waals surface area contributed by atoms with E-state index in [1.807, 2.05) is 19.9 Å². The zero-order valence-corrected chi connectivity index (χ0v) is 15.7. The van der Waals surface area contributed by atoms with E-state index >= 15 is 0 Å². The van der Waals surface area contributed by atoms with Crippen molar-refractivity contribution in [1.29, 1.82) is 0 Å². The summed E-state index contributed by atoms with van der Waals surface area (Å²) in [4.78, 5) is 6.68. The number of aryl methyl sites for hydroxylation is 1. The Hall–Kier alpha value is -2.84. The predicted octanol–water partition coefficient (Wildman–Crippen LogP) is 2.73. The Morgan fingerprint density at radius 2 is 2.11 bits per heavy atom. The maximum Gasteiger partial charge on any atom is 0.255 e. The highest BCUT2D eigenvalue weighted by Crippen LogP contribution is 2.48. The van der Waals surface area contributed by atoms with Crippen molar-refractivity contribution in [3.05, 3.63) is 41.0 Å². The van der Waals surface area contributed by atoms with Gasteiger partial charge in [-0.25, -0.2) is 8.78 Å². The van der Waals surface area contributed by atoms with Gasteiger partial charge >= 0.3 is 0 Å². The van der Waals surface area contributed by atoms with Crippen molar-refractivity contribution in [2.24, 2.45) is 5.92 Å². The molecule has 146 valence electrons. The van der Waals surface area contributed by atoms with E-state index in [4.69, 9.17) is 4.74 Å². The third-order valence-electron chi connectivity index (χ3n) is 5.69. The van der Waals surface area contributed by atoms with Gasteiger partial charge in [0.2, 0.25) is 0 Å². The third-order valence-corrected chi connectivity index (χ3v) is 5.69. The Labute approximate surface area is 160 Å². The first-order chi connectivity index (χ1) is 13.4. The van der Waals surface area contributed by atoms with E-state index in [2.05, 4.69) is 25.2 Å². The number of nitrogens with zero attached hydrogens (tertiary/aromatic N) is 6. The van der Waals surface area contributed by atoms with E-state index in [1.54, 1.807) is 17.0 Å². The van der Waals surface area contributed by atoms with E-state index in [0.717, 1.165) is 46.8 Å². The Morgan fingerprint density at radius 3 is 2.89 bits per heavy atom. The fourth-order valence-corrected chi connectivity index (χ4v) is 3.67. The van der Waals surface area contributed by atoms with Crippen molar-refractivity contribution < 1.29 is 13.5 Å². The second-order valence-corrected chi connectivity index (χ2v) is 7.59. The second kappa shape index (κ2) is 6.08. The molecule has 0 bridgehead atoms. The van der Waals surface area contributed by atoms with Crippen LogP contribution in [0.4, 0.5) is 14.6 Å². The van der Waals surface area contributed by atoms with Crippen LogP contribution in [-0.4, -0.2) is 43.9 Å². The van der Waals surface area contributed by atoms with Crippen LogP contribution in [0.5, 0.6) is 5.75 Å². The van der Waals surface area contributed by atoms with Crippen molar-refractivity contribution >= 4 is 11.5 Å². The van der Waals surface area contributed by atoms with Crippen molar-refractivity contribution in [2.45, 2.75) is 39.2 Å². The monoisotopic (exact) mass is 386 g/mol. The van der Waals surface area contributed by atoms with Crippen molar-refractivity contribution in [2.75, 3.05) is 18.1 Å². The fourth-order valence-electron chi connectivity index (χ4n) is 3.67. The van der Waals surface area contributed by atoms with Gasteiger partial charge in [-0.05, 0) is 25.5 Å². The molecular weight excluding hydrogens is 366 g/mol. The molecule has 1 fully saturated rings. The first kappa shape index (κ1) is 17.3. The number of anilines is 1. The quantitative estimate of drug-likeness (QED) is 0.687. The highest BCUT2D eigenvalue weighted by Gasteiger charge is 2.57. The van der Waals surface area contributed by atoms with Crippen LogP contribution < -0.4 is 9.64 Å². The highest BCUT2D eigenvalue weighted by atomic mass is 19.3. The van der Waals surface area contributed by atoms with Crippen LogP contribution in [-0.2, 0) is 13.0 Å². The molecule has 1 saturated carbocycles. The van der Waals surface area contributed by atoms with E-state index in [0.29, 0.717) is 12.3 Å². The molecule has 1 aliphatic heterocycles. The van der Waals surface area contributed by atoms with Crippen molar-refractivity contribution in [3.63, 3.8) is 0 Å². The van der Waals surface area contributed by atoms with Gasteiger partial charge in [-0.1, -0.05) is 0 Å². The molecule has 2 aliphatic rings. The molecule has 0 spiro atoms. The summed E-state index contributed by atoms with van der Waals surface area (Å²) in [6.07, 6.45) is 3.93. The molecule has 28 heavy (non-hydrogen) atoms. The smallest absolute Gasteiger partial charge is 0.255 e. The van der Waals surface area contributed by atoms with E-state index in [9.17, 15) is 8.78 Å². The third kappa shape index (κ3) is 2.85. The minimum Gasteiger partial charge on any atom is -0.491 e. The SMILES string of the molecule is Cc1c(N2CCc3ncc(OCC4CC4(F)F)cc3C2)nn2cnnc2c1C. The molecule has 0 amide bonds. The highest BCUT2D eigenvalue weighted by molar-refractivity contribution is 5.59. The molecule has 9 heteroatoms. The number of rotatable bonds is 4. The average Bonchev–Trinajstić information content (AvgIpc) is 3.06. The number of halogens is 2. The van der Waals surface area contributed by atoms with Crippen LogP contribution in [0.3, 0.4) is 0 Å². The first-order valence-electron chi connectivity index (χ1n) is 9.33. The zero-order valence-electron chi connectivity index (χ0n) is 15.7. The van der Waals surface area contributed by atoms with Crippen LogP contribution in [0.1, 0.15) is 28.8 Å². The molecule has 1 atom stereocenters. The Bertz CT molecular complexity index is 1070. The molecule has 3 aromatic rings. The number of aromatic nitrogens is 5. The number of alkyl halides is 2. The van der Waals surface area contributed by atoms with Gasteiger partial charge in [-0.15, -0.1) is 15.3 Å². The molecule has 1 unspecified atom stereocenters. The molecule has 0 N–H and O–H groups in total. The maximum absolute atomic E-state index is 13.0. The minimum absolute atomic E-state index is 0.0291. The van der Waals surface area contributed by atoms with Gasteiger partial charge in [-0.2, -0.15) is 4.52 Å². The van der Waals surface area contributed by atoms with Gasteiger partial charge < -0.3 is 9.64 Å². The molecule has 0 aromatic carbocycles. The molecule has 4 heterocycles. The van der Waals surface area contributed by atoms with Crippen LogP contribution in [0.25, 0.3) is 5.65 Å². The van der Waals surface area contributed by atoms with Crippen molar-refractivity contribution in [3.8, 4) is 5.75 Å². The first-order valence-corrected chi connectivity index (χ1v) is 9.33. The summed E-state index contributed by atoms with van der Waals surface area (Å²) in [6, 6.07) is 1.91. The lowest BCUT2D eigenvalue weighted by Crippen LogP contribution is -2.32. The second-order valence-electron chi connectivity index (χ2n) is 7.59. The summed E-state index contributed by atoms with van der Waals surface area (Å²) in [7, 11) is 0. The molecule has 1 aliphatic carbocycles. The molecule has 5 rings (SSSR count). The lowest BCUT2D eigenvalue weighted by atomic mass is 10.0. The lowest BCUT2D eigenvalue weighted by molar-refractivity contribution is 0.0855. The molecule has 7 nitrogen and oxygen atoms in total. The van der Waals surface area contributed by atoms with Gasteiger partial charge in [0, 0.05) is 42.8 Å². The summed E-state index contributed by atoms with van der Waals surface area (Å²) in [6.45, 7) is 5.52. The van der Waals surface area contributed by atoms with E-state index < -0.39 is 11.8 Å². The topological polar surface area (TPSA) is 68.4 Å². The molecule has 3 aromatic heterocycles. The Morgan fingerprint density at radius 1 is 1.29 bits per heavy atom. The number of fused-ring (bicyclic) bond motifs is 2. The van der Waals surface area contributed by atoms with Crippen LogP contribution in [0, 0.1) is 19.8 Å². The standard InChI is InChI=1S/C19H20F2N6O/c1-11-12(2)18(25-27-10-23-24-17(11)27)26-4-3-16-13(8-26)5-15(7-22-16)28-9-14-6-19(14,20)21/h5,7,10,14H,3-4,6,8-9H2,1-2H3. The number of hydrogen-bond donors (Lipinski definition) is 0. The molecular formula is C19H20F2N6O. The maximum atomic E-state index is 13.0. The van der Waals surface area contributed by atoms with Gasteiger partial charge in [-0.3, -0.25) is 4.98 Å². The van der Waals surface area contributed by atoms with Crippen LogP contribution in [0.15, 0.2) is 18.6 Å². The summed E-state index contributed by atoms with van der Waals surface area (Å²) in [5.41, 5.74) is 4.93. The summed E-state index contributed by atoms with van der Waals surface area (Å²) in [5.74, 6) is -1.82. The van der Waals surface area contributed by atoms with E-state index in [-0.39, 0.29) is 13.0 Å². The fraction of sp³-hybridized carbons (Fsp3) is 0.474. The van der Waals surface area contributed by atoms with Crippen LogP contribution in [0.2, 0.25) is 0 Å². The summed E-state index contributed by atoms with van der Waals surface area (Å²) < 4.78 is 33.4. The summed E-state index contributed by atoms with van der Waals surface area (Å²) >= 11 is 0. The number of hydrogen-bond acceptors (Lipinski definition) is 6. The summed E-state index contributed by atoms with van der Waals surface area (Å²) in [5, 5.41) is 12.7. The largest absolute Gasteiger partial charge is 0.491 e. The number of pyridine rings is 1. The van der Waals surface area contributed by atoms with Gasteiger partial charge in [0.05, 0.1) is 18.7 Å². The average molecular weight is 386 g/mol. The zero-order chi connectivity index (χ0) is 19.5. The van der Waals surface area contributed by atoms with Crippen LogP contribution >= 0.6 is 0 Å². The Balaban J connectivity index is 1.38. The van der Waals surface area contributed by atoms with E-state index in [1.165, 1.54) is 0 Å². The normalized spacial score (nSPS) is 20.3. The predicted molar refractivity (Wildman–Crippen MR) is 97.8 cm³/mol.